The number of nitrogens with one attached hydrogen (secondary N) is 3. The third kappa shape index (κ3) is 2.95. The molecule has 4 aliphatic heterocycles. The molecule has 10 heteroatoms. The van der Waals surface area contributed by atoms with Crippen LogP contribution >= 0.6 is 11.8 Å². The number of hydrogen-bond acceptors (Lipinski definition) is 9. The summed E-state index contributed by atoms with van der Waals surface area (Å²) >= 11 is 1.78. The summed E-state index contributed by atoms with van der Waals surface area (Å²) in [6.07, 6.45) is 9.19. The first-order valence-electron chi connectivity index (χ1n) is 10.6. The molecule has 1 aliphatic carbocycles. The molecule has 0 radical (unpaired) electrons. The molecule has 3 saturated heterocycles. The molecule has 1 aromatic rings. The van der Waals surface area contributed by atoms with Crippen molar-refractivity contribution < 1.29 is 4.21 Å². The summed E-state index contributed by atoms with van der Waals surface area (Å²) in [5.74, 6) is 1.17. The van der Waals surface area contributed by atoms with Crippen molar-refractivity contribution in [1.82, 2.24) is 31.3 Å². The van der Waals surface area contributed by atoms with Gasteiger partial charge in [-0.25, -0.2) is 15.4 Å². The average Bonchev–Trinajstić information content (AvgIpc) is 3.22. The minimum Gasteiger partial charge on any atom is -0.368 e. The summed E-state index contributed by atoms with van der Waals surface area (Å²) in [7, 11) is -0.912. The van der Waals surface area contributed by atoms with Crippen LogP contribution in [0.4, 0.5) is 5.95 Å². The van der Waals surface area contributed by atoms with Gasteiger partial charge in [0.15, 0.2) is 0 Å². The molecule has 0 amide bonds. The van der Waals surface area contributed by atoms with E-state index in [9.17, 15) is 4.21 Å². The Morgan fingerprint density at radius 1 is 1.28 bits per heavy atom. The van der Waals surface area contributed by atoms with E-state index in [0.29, 0.717) is 35.1 Å². The molecule has 1 aromatic heterocycles. The van der Waals surface area contributed by atoms with E-state index in [1.54, 1.807) is 11.8 Å². The number of nitrogen functional groups attached to an aromatic ring is 1. The van der Waals surface area contributed by atoms with E-state index < -0.39 is 10.8 Å². The molecule has 4 fully saturated rings. The Labute approximate surface area is 177 Å². The third-order valence-electron chi connectivity index (χ3n) is 7.10. The number of hydrogen-bond donors (Lipinski definition) is 4. The van der Waals surface area contributed by atoms with Crippen LogP contribution in [0.15, 0.2) is 22.3 Å². The summed E-state index contributed by atoms with van der Waals surface area (Å²) in [6.45, 7) is 2.23. The smallest absolute Gasteiger partial charge is 0.219 e. The zero-order valence-electron chi connectivity index (χ0n) is 16.4. The van der Waals surface area contributed by atoms with E-state index >= 15 is 0 Å². The molecule has 0 bridgehead atoms. The summed E-state index contributed by atoms with van der Waals surface area (Å²) in [4.78, 5) is 8.42. The predicted molar refractivity (Wildman–Crippen MR) is 114 cm³/mol. The first kappa shape index (κ1) is 18.6. The predicted octanol–water partition coefficient (Wildman–Crippen LogP) is 1.35. The van der Waals surface area contributed by atoms with Crippen LogP contribution in [-0.2, 0) is 10.8 Å². The fraction of sp³-hybridized carbons (Fsp3) is 0.684. The van der Waals surface area contributed by atoms with E-state index in [-0.39, 0.29) is 11.4 Å². The molecular weight excluding hydrogens is 406 g/mol. The number of anilines is 1. The lowest BCUT2D eigenvalue weighted by molar-refractivity contribution is 0.00418. The van der Waals surface area contributed by atoms with Gasteiger partial charge in [-0.3, -0.25) is 9.53 Å². The van der Waals surface area contributed by atoms with Crippen molar-refractivity contribution in [2.75, 3.05) is 5.73 Å². The summed E-state index contributed by atoms with van der Waals surface area (Å²) in [5.41, 5.74) is 15.2. The van der Waals surface area contributed by atoms with Gasteiger partial charge in [0.05, 0.1) is 32.1 Å². The zero-order chi connectivity index (χ0) is 19.7. The Hall–Kier alpha value is -1.20. The molecule has 5 aliphatic rings. The standard InChI is InChI=1S/C19H27N7OS2/c1-9-5-14-12-6-13(10-7-21-19(20)22-8-10)23-17-15(12)16(25-26(14)24-9)18(28-17)29(27)11-3-2-4-11/h7-9,11-15,17,23-25H,2-6H2,1H3,(H2,20,21,22). The lowest BCUT2D eigenvalue weighted by Crippen LogP contribution is -2.62. The van der Waals surface area contributed by atoms with Crippen LogP contribution < -0.4 is 21.9 Å². The highest BCUT2D eigenvalue weighted by Crippen LogP contribution is 2.55. The van der Waals surface area contributed by atoms with Crippen molar-refractivity contribution >= 4 is 28.5 Å². The molecule has 7 unspecified atom stereocenters. The van der Waals surface area contributed by atoms with Gasteiger partial charge in [0.25, 0.3) is 0 Å². The highest BCUT2D eigenvalue weighted by atomic mass is 32.2. The molecule has 5 heterocycles. The second-order valence-electron chi connectivity index (χ2n) is 8.92. The topological polar surface area (TPSA) is 108 Å². The molecule has 0 aromatic carbocycles. The van der Waals surface area contributed by atoms with E-state index in [1.165, 1.54) is 12.1 Å². The van der Waals surface area contributed by atoms with Gasteiger partial charge in [0, 0.05) is 41.2 Å². The maximum Gasteiger partial charge on any atom is 0.219 e. The first-order valence-corrected chi connectivity index (χ1v) is 12.6. The van der Waals surface area contributed by atoms with Gasteiger partial charge >= 0.3 is 0 Å². The quantitative estimate of drug-likeness (QED) is 0.562. The van der Waals surface area contributed by atoms with Crippen molar-refractivity contribution in [2.24, 2.45) is 11.8 Å². The lowest BCUT2D eigenvalue weighted by Gasteiger charge is -2.48. The molecule has 29 heavy (non-hydrogen) atoms. The number of thioether (sulfide) groups is 1. The first-order chi connectivity index (χ1) is 14.1. The van der Waals surface area contributed by atoms with Gasteiger partial charge in [0.1, 0.15) is 0 Å². The Morgan fingerprint density at radius 3 is 2.79 bits per heavy atom. The minimum atomic E-state index is -0.912. The second-order valence-corrected chi connectivity index (χ2v) is 12.0. The van der Waals surface area contributed by atoms with Crippen LogP contribution in [0.25, 0.3) is 0 Å². The average molecular weight is 434 g/mol. The normalized spacial score (nSPS) is 40.2. The van der Waals surface area contributed by atoms with Crippen LogP contribution in [0.5, 0.6) is 0 Å². The zero-order valence-corrected chi connectivity index (χ0v) is 18.0. The van der Waals surface area contributed by atoms with Crippen molar-refractivity contribution in [1.29, 1.82) is 0 Å². The van der Waals surface area contributed by atoms with E-state index in [1.807, 2.05) is 12.4 Å². The van der Waals surface area contributed by atoms with Crippen LogP contribution in [-0.4, -0.2) is 42.0 Å². The van der Waals surface area contributed by atoms with Gasteiger partial charge < -0.3 is 11.2 Å². The number of fused-ring (bicyclic) bond motifs is 2. The van der Waals surface area contributed by atoms with Gasteiger partial charge in [-0.2, -0.15) is 5.12 Å². The fourth-order valence-corrected chi connectivity index (χ4v) is 9.25. The summed E-state index contributed by atoms with van der Waals surface area (Å²) in [6, 6.07) is 1.05. The number of nitrogens with zero attached hydrogens (tertiary/aromatic N) is 3. The van der Waals surface area contributed by atoms with Gasteiger partial charge in [0.2, 0.25) is 5.95 Å². The number of hydrazine groups is 2. The van der Waals surface area contributed by atoms with Crippen LogP contribution in [0.2, 0.25) is 0 Å². The van der Waals surface area contributed by atoms with Crippen molar-refractivity contribution in [2.45, 2.75) is 67.8 Å². The van der Waals surface area contributed by atoms with Crippen LogP contribution in [0.1, 0.15) is 50.6 Å². The highest BCUT2D eigenvalue weighted by molar-refractivity contribution is 8.17. The molecule has 0 spiro atoms. The largest absolute Gasteiger partial charge is 0.368 e. The van der Waals surface area contributed by atoms with Crippen molar-refractivity contribution in [3.63, 3.8) is 0 Å². The van der Waals surface area contributed by atoms with E-state index in [2.05, 4.69) is 38.2 Å². The fourth-order valence-electron chi connectivity index (χ4n) is 5.43. The van der Waals surface area contributed by atoms with Gasteiger partial charge in [-0.05, 0) is 38.5 Å². The molecule has 6 rings (SSSR count). The van der Waals surface area contributed by atoms with E-state index in [4.69, 9.17) is 5.73 Å². The second kappa shape index (κ2) is 6.91. The molecule has 7 atom stereocenters. The molecule has 156 valence electrons. The minimum absolute atomic E-state index is 0.183. The van der Waals surface area contributed by atoms with Gasteiger partial charge in [-0.1, -0.05) is 18.2 Å². The SMILES string of the molecule is CC1CC2C3CC(c4cnc(N)nc4)NC4SC(S(=O)C5CCC5)=C(NN2N1)C43. The van der Waals surface area contributed by atoms with Crippen molar-refractivity contribution in [3.05, 3.63) is 27.9 Å². The lowest BCUT2D eigenvalue weighted by atomic mass is 9.73. The Bertz CT molecular complexity index is 874. The maximum atomic E-state index is 13.3. The Morgan fingerprint density at radius 2 is 2.07 bits per heavy atom. The monoisotopic (exact) mass is 433 g/mol. The van der Waals surface area contributed by atoms with Gasteiger partial charge in [-0.15, -0.1) is 0 Å². The number of aromatic nitrogens is 2. The van der Waals surface area contributed by atoms with Crippen LogP contribution in [0.3, 0.4) is 0 Å². The Balaban J connectivity index is 1.35. The number of piperidine rings is 1. The van der Waals surface area contributed by atoms with E-state index in [0.717, 1.165) is 35.5 Å². The van der Waals surface area contributed by atoms with Crippen LogP contribution in [0, 0.1) is 11.8 Å². The molecule has 8 nitrogen and oxygen atoms in total. The molecule has 1 saturated carbocycles. The third-order valence-corrected chi connectivity index (χ3v) is 10.7. The Kier molecular flexibility index (Phi) is 4.42. The number of rotatable bonds is 3. The maximum absolute atomic E-state index is 13.3. The molecule has 5 N–H and O–H groups in total. The van der Waals surface area contributed by atoms with Crippen molar-refractivity contribution in [3.8, 4) is 0 Å². The molecular formula is C19H27N7OS2. The summed E-state index contributed by atoms with van der Waals surface area (Å²) in [5, 5.41) is 6.58. The summed E-state index contributed by atoms with van der Waals surface area (Å²) < 4.78 is 14.4. The highest BCUT2D eigenvalue weighted by Gasteiger charge is 2.56. The number of nitrogens with two attached hydrogens (primary N) is 1.